The third-order valence-corrected chi connectivity index (χ3v) is 3.28. The van der Waals surface area contributed by atoms with Crippen LogP contribution in [0, 0.1) is 0 Å². The molecule has 0 aliphatic heterocycles. The molecule has 0 amide bonds. The normalized spacial score (nSPS) is 12.2. The van der Waals surface area contributed by atoms with Crippen LogP contribution in [-0.4, -0.2) is 15.0 Å². The average Bonchev–Trinajstić information content (AvgIpc) is 2.43. The van der Waals surface area contributed by atoms with Crippen LogP contribution in [0.4, 0.5) is 5.82 Å². The number of hydrogen-bond acceptors (Lipinski definition) is 4. The number of halogens is 1. The smallest absolute Gasteiger partial charge is 0.137 e. The predicted octanol–water partition coefficient (Wildman–Crippen LogP) is 3.65. The number of pyridine rings is 1. The van der Waals surface area contributed by atoms with Crippen molar-refractivity contribution in [1.82, 2.24) is 15.0 Å². The van der Waals surface area contributed by atoms with Crippen molar-refractivity contribution in [2.75, 3.05) is 5.32 Å². The molecule has 0 saturated carbocycles. The van der Waals surface area contributed by atoms with Crippen molar-refractivity contribution in [2.24, 2.45) is 0 Å². The van der Waals surface area contributed by atoms with Gasteiger partial charge in [-0.2, -0.15) is 0 Å². The number of nitrogens with zero attached hydrogens (tertiary/aromatic N) is 3. The lowest BCUT2D eigenvalue weighted by molar-refractivity contribution is 0.844. The van der Waals surface area contributed by atoms with Crippen LogP contribution in [-0.2, 0) is 6.42 Å². The van der Waals surface area contributed by atoms with Crippen LogP contribution in [0.1, 0.15) is 37.4 Å². The summed E-state index contributed by atoms with van der Waals surface area (Å²) in [5, 5.41) is 3.92. The molecule has 19 heavy (non-hydrogen) atoms. The number of hydrogen-bond donors (Lipinski definition) is 1. The number of anilines is 1. The second kappa shape index (κ2) is 6.48. The minimum Gasteiger partial charge on any atom is -0.363 e. The van der Waals surface area contributed by atoms with Crippen LogP contribution in [0.15, 0.2) is 30.9 Å². The van der Waals surface area contributed by atoms with Gasteiger partial charge < -0.3 is 5.32 Å². The van der Waals surface area contributed by atoms with E-state index >= 15 is 0 Å². The summed E-state index contributed by atoms with van der Waals surface area (Å²) in [6.45, 7) is 4.19. The maximum Gasteiger partial charge on any atom is 0.137 e. The van der Waals surface area contributed by atoms with Crippen molar-refractivity contribution < 1.29 is 0 Å². The second-order valence-corrected chi connectivity index (χ2v) is 4.75. The lowest BCUT2D eigenvalue weighted by Crippen LogP contribution is -2.11. The van der Waals surface area contributed by atoms with E-state index in [2.05, 4.69) is 34.1 Å². The SMILES string of the molecule is CCCc1c(Cl)ncnc1NC(C)c1ccncc1. The van der Waals surface area contributed by atoms with Gasteiger partial charge in [-0.3, -0.25) is 4.98 Å². The van der Waals surface area contributed by atoms with Crippen LogP contribution < -0.4 is 5.32 Å². The Balaban J connectivity index is 2.21. The van der Waals surface area contributed by atoms with E-state index in [4.69, 9.17) is 11.6 Å². The highest BCUT2D eigenvalue weighted by Crippen LogP contribution is 2.25. The van der Waals surface area contributed by atoms with Crippen LogP contribution >= 0.6 is 11.6 Å². The number of aromatic nitrogens is 3. The minimum atomic E-state index is 0.143. The van der Waals surface area contributed by atoms with Crippen molar-refractivity contribution in [3.63, 3.8) is 0 Å². The molecule has 0 aromatic carbocycles. The molecule has 0 bridgehead atoms. The van der Waals surface area contributed by atoms with Crippen molar-refractivity contribution in [1.29, 1.82) is 0 Å². The zero-order valence-corrected chi connectivity index (χ0v) is 11.9. The Bertz CT molecular complexity index is 530. The molecule has 0 saturated heterocycles. The van der Waals surface area contributed by atoms with Crippen molar-refractivity contribution in [2.45, 2.75) is 32.7 Å². The van der Waals surface area contributed by atoms with E-state index in [1.165, 1.54) is 6.33 Å². The minimum absolute atomic E-state index is 0.143. The molecule has 1 N–H and O–H groups in total. The fraction of sp³-hybridized carbons (Fsp3) is 0.357. The molecule has 5 heteroatoms. The average molecular weight is 277 g/mol. The molecule has 1 atom stereocenters. The molecule has 2 heterocycles. The summed E-state index contributed by atoms with van der Waals surface area (Å²) in [6, 6.07) is 4.12. The molecule has 100 valence electrons. The Hall–Kier alpha value is -1.68. The van der Waals surface area contributed by atoms with E-state index in [1.807, 2.05) is 12.1 Å². The molecule has 2 aromatic rings. The Labute approximate surface area is 118 Å². The third-order valence-electron chi connectivity index (χ3n) is 2.95. The quantitative estimate of drug-likeness (QED) is 0.847. The van der Waals surface area contributed by atoms with Gasteiger partial charge in [0.15, 0.2) is 0 Å². The maximum absolute atomic E-state index is 6.14. The zero-order chi connectivity index (χ0) is 13.7. The van der Waals surface area contributed by atoms with Gasteiger partial charge in [-0.15, -0.1) is 0 Å². The molecule has 0 spiro atoms. The van der Waals surface area contributed by atoms with Crippen molar-refractivity contribution in [3.8, 4) is 0 Å². The van der Waals surface area contributed by atoms with Crippen LogP contribution in [0.2, 0.25) is 5.15 Å². The first-order valence-electron chi connectivity index (χ1n) is 6.38. The Morgan fingerprint density at radius 3 is 2.68 bits per heavy atom. The van der Waals surface area contributed by atoms with Crippen LogP contribution in [0.3, 0.4) is 0 Å². The summed E-state index contributed by atoms with van der Waals surface area (Å²) in [6.07, 6.45) is 6.93. The zero-order valence-electron chi connectivity index (χ0n) is 11.1. The molecule has 2 rings (SSSR count). The summed E-state index contributed by atoms with van der Waals surface area (Å²) < 4.78 is 0. The Morgan fingerprint density at radius 1 is 1.26 bits per heavy atom. The summed E-state index contributed by atoms with van der Waals surface area (Å²) in [4.78, 5) is 12.4. The second-order valence-electron chi connectivity index (χ2n) is 4.39. The van der Waals surface area contributed by atoms with E-state index in [1.54, 1.807) is 12.4 Å². The summed E-state index contributed by atoms with van der Waals surface area (Å²) in [5.41, 5.74) is 2.14. The molecule has 0 aliphatic carbocycles. The van der Waals surface area contributed by atoms with E-state index in [0.717, 1.165) is 29.8 Å². The van der Waals surface area contributed by atoms with Crippen molar-refractivity contribution in [3.05, 3.63) is 47.1 Å². The van der Waals surface area contributed by atoms with Gasteiger partial charge in [-0.25, -0.2) is 9.97 Å². The van der Waals surface area contributed by atoms with Gasteiger partial charge in [0.05, 0.1) is 6.04 Å². The topological polar surface area (TPSA) is 50.7 Å². The van der Waals surface area contributed by atoms with E-state index in [0.29, 0.717) is 5.15 Å². The van der Waals surface area contributed by atoms with Crippen molar-refractivity contribution >= 4 is 17.4 Å². The monoisotopic (exact) mass is 276 g/mol. The molecular formula is C14H17ClN4. The highest BCUT2D eigenvalue weighted by molar-refractivity contribution is 6.30. The fourth-order valence-corrected chi connectivity index (χ4v) is 2.15. The molecule has 0 aliphatic rings. The third kappa shape index (κ3) is 3.41. The van der Waals surface area contributed by atoms with Crippen LogP contribution in [0.25, 0.3) is 0 Å². The fourth-order valence-electron chi connectivity index (χ4n) is 1.93. The predicted molar refractivity (Wildman–Crippen MR) is 77.3 cm³/mol. The molecule has 4 nitrogen and oxygen atoms in total. The Morgan fingerprint density at radius 2 is 2.00 bits per heavy atom. The van der Waals surface area contributed by atoms with Gasteiger partial charge in [-0.1, -0.05) is 24.9 Å². The van der Waals surface area contributed by atoms with Crippen LogP contribution in [0.5, 0.6) is 0 Å². The van der Waals surface area contributed by atoms with E-state index in [9.17, 15) is 0 Å². The largest absolute Gasteiger partial charge is 0.363 e. The maximum atomic E-state index is 6.14. The van der Waals surface area contributed by atoms with Gasteiger partial charge >= 0.3 is 0 Å². The molecular weight excluding hydrogens is 260 g/mol. The molecule has 0 fully saturated rings. The van der Waals surface area contributed by atoms with Gasteiger partial charge in [0, 0.05) is 18.0 Å². The highest BCUT2D eigenvalue weighted by atomic mass is 35.5. The molecule has 2 aromatic heterocycles. The van der Waals surface area contributed by atoms with Gasteiger partial charge in [0.25, 0.3) is 0 Å². The van der Waals surface area contributed by atoms with Gasteiger partial charge in [0.1, 0.15) is 17.3 Å². The summed E-state index contributed by atoms with van der Waals surface area (Å²) in [7, 11) is 0. The van der Waals surface area contributed by atoms with Gasteiger partial charge in [0.2, 0.25) is 0 Å². The standard InChI is InChI=1S/C14H17ClN4/c1-3-4-12-13(15)17-9-18-14(12)19-10(2)11-5-7-16-8-6-11/h5-10H,3-4H2,1-2H3,(H,17,18,19). The molecule has 0 radical (unpaired) electrons. The van der Waals surface area contributed by atoms with E-state index < -0.39 is 0 Å². The Kier molecular flexibility index (Phi) is 4.68. The number of rotatable bonds is 5. The lowest BCUT2D eigenvalue weighted by Gasteiger charge is -2.17. The first-order valence-corrected chi connectivity index (χ1v) is 6.76. The summed E-state index contributed by atoms with van der Waals surface area (Å²) >= 11 is 6.14. The van der Waals surface area contributed by atoms with E-state index in [-0.39, 0.29) is 6.04 Å². The lowest BCUT2D eigenvalue weighted by atomic mass is 10.1. The number of nitrogens with one attached hydrogen (secondary N) is 1. The molecule has 1 unspecified atom stereocenters. The summed E-state index contributed by atoms with van der Waals surface area (Å²) in [5.74, 6) is 0.811. The first-order chi connectivity index (χ1) is 9.22. The van der Waals surface area contributed by atoms with Gasteiger partial charge in [-0.05, 0) is 31.0 Å². The highest BCUT2D eigenvalue weighted by Gasteiger charge is 2.12. The first kappa shape index (κ1) is 13.7.